The van der Waals surface area contributed by atoms with Crippen LogP contribution < -0.4 is 10.5 Å². The van der Waals surface area contributed by atoms with Crippen LogP contribution in [0, 0.1) is 11.3 Å². The summed E-state index contributed by atoms with van der Waals surface area (Å²) in [5.41, 5.74) is 7.89. The molecule has 0 fully saturated rings. The third-order valence-electron chi connectivity index (χ3n) is 3.52. The van der Waals surface area contributed by atoms with Crippen molar-refractivity contribution in [1.29, 1.82) is 5.26 Å². The van der Waals surface area contributed by atoms with Crippen LogP contribution >= 0.6 is 0 Å². The standard InChI is InChI=1S/C15H14N4O4/c1-2-22-11(20)5-10-13-12(8-3-4-21-7-8)9(6-16)14(17)23-15(13)19-18-10/h3-4,7,12H,2,5,17H2,1H3,(H,18,19)/t12-/m0/s1. The van der Waals surface area contributed by atoms with E-state index in [4.69, 9.17) is 19.6 Å². The SMILES string of the molecule is CCOC(=O)Cc1[nH]nc2c1[C@@H](c1ccoc1)C(C#N)=C(N)O2. The first-order valence-electron chi connectivity index (χ1n) is 6.98. The number of hydrogen-bond acceptors (Lipinski definition) is 7. The number of rotatable bonds is 4. The Labute approximate surface area is 131 Å². The van der Waals surface area contributed by atoms with Crippen LogP contribution in [0.15, 0.2) is 34.5 Å². The van der Waals surface area contributed by atoms with Crippen LogP contribution in [0.3, 0.4) is 0 Å². The van der Waals surface area contributed by atoms with Crippen LogP contribution in [-0.2, 0) is 16.0 Å². The summed E-state index contributed by atoms with van der Waals surface area (Å²) in [6, 6.07) is 3.79. The van der Waals surface area contributed by atoms with Crippen LogP contribution in [0.1, 0.15) is 29.7 Å². The topological polar surface area (TPSA) is 127 Å². The summed E-state index contributed by atoms with van der Waals surface area (Å²) in [5.74, 6) is -0.677. The third kappa shape index (κ3) is 2.53. The largest absolute Gasteiger partial charge is 0.472 e. The molecule has 0 bridgehead atoms. The molecular weight excluding hydrogens is 300 g/mol. The second kappa shape index (κ2) is 5.88. The number of esters is 1. The number of carbonyl (C=O) groups excluding carboxylic acids is 1. The first kappa shape index (κ1) is 14.7. The van der Waals surface area contributed by atoms with Crippen molar-refractivity contribution in [2.24, 2.45) is 5.73 Å². The van der Waals surface area contributed by atoms with Gasteiger partial charge in [-0.2, -0.15) is 5.26 Å². The monoisotopic (exact) mass is 314 g/mol. The van der Waals surface area contributed by atoms with E-state index in [1.165, 1.54) is 12.5 Å². The fourth-order valence-corrected chi connectivity index (χ4v) is 2.57. The van der Waals surface area contributed by atoms with Gasteiger partial charge in [-0.25, -0.2) is 0 Å². The summed E-state index contributed by atoms with van der Waals surface area (Å²) < 4.78 is 15.5. The van der Waals surface area contributed by atoms with E-state index in [2.05, 4.69) is 16.3 Å². The number of allylic oxidation sites excluding steroid dienone is 1. The van der Waals surface area contributed by atoms with Crippen molar-refractivity contribution in [3.05, 3.63) is 46.9 Å². The summed E-state index contributed by atoms with van der Waals surface area (Å²) in [7, 11) is 0. The Morgan fingerprint density at radius 3 is 3.09 bits per heavy atom. The predicted octanol–water partition coefficient (Wildman–Crippen LogP) is 1.33. The lowest BCUT2D eigenvalue weighted by Gasteiger charge is -2.22. The Balaban J connectivity index is 2.07. The molecule has 0 spiro atoms. The van der Waals surface area contributed by atoms with E-state index >= 15 is 0 Å². The van der Waals surface area contributed by atoms with Crippen LogP contribution in [0.2, 0.25) is 0 Å². The minimum atomic E-state index is -0.509. The Bertz CT molecular complexity index is 798. The lowest BCUT2D eigenvalue weighted by molar-refractivity contribution is -0.142. The highest BCUT2D eigenvalue weighted by molar-refractivity contribution is 5.73. The molecule has 1 aliphatic heterocycles. The minimum Gasteiger partial charge on any atom is -0.472 e. The molecule has 0 radical (unpaired) electrons. The van der Waals surface area contributed by atoms with Gasteiger partial charge in [0.15, 0.2) is 0 Å². The van der Waals surface area contributed by atoms with Crippen molar-refractivity contribution < 1.29 is 18.7 Å². The number of nitrogens with zero attached hydrogens (tertiary/aromatic N) is 2. The van der Waals surface area contributed by atoms with Crippen molar-refractivity contribution in [3.8, 4) is 11.9 Å². The summed E-state index contributed by atoms with van der Waals surface area (Å²) in [4.78, 5) is 11.8. The van der Waals surface area contributed by atoms with Gasteiger partial charge < -0.3 is 19.6 Å². The van der Waals surface area contributed by atoms with Crippen molar-refractivity contribution in [2.45, 2.75) is 19.3 Å². The summed E-state index contributed by atoms with van der Waals surface area (Å²) in [5, 5.41) is 16.2. The number of nitrogens with one attached hydrogen (secondary N) is 1. The van der Waals surface area contributed by atoms with E-state index in [0.717, 1.165) is 5.56 Å². The molecule has 1 atom stereocenters. The fourth-order valence-electron chi connectivity index (χ4n) is 2.57. The number of ether oxygens (including phenoxy) is 2. The second-order valence-corrected chi connectivity index (χ2v) is 4.88. The fraction of sp³-hybridized carbons (Fsp3) is 0.267. The Kier molecular flexibility index (Phi) is 3.76. The number of H-pyrrole nitrogens is 1. The van der Waals surface area contributed by atoms with E-state index in [0.29, 0.717) is 11.3 Å². The molecule has 1 aliphatic rings. The molecule has 0 aromatic carbocycles. The van der Waals surface area contributed by atoms with Crippen LogP contribution in [0.4, 0.5) is 0 Å². The molecule has 2 aromatic rings. The quantitative estimate of drug-likeness (QED) is 0.815. The molecule has 3 heterocycles. The molecule has 2 aromatic heterocycles. The van der Waals surface area contributed by atoms with Crippen LogP contribution in [-0.4, -0.2) is 22.8 Å². The number of aromatic amines is 1. The van der Waals surface area contributed by atoms with E-state index in [1.54, 1.807) is 13.0 Å². The normalized spacial score (nSPS) is 16.4. The smallest absolute Gasteiger partial charge is 0.311 e. The molecule has 0 amide bonds. The molecule has 0 saturated heterocycles. The highest BCUT2D eigenvalue weighted by Crippen LogP contribution is 2.42. The maximum Gasteiger partial charge on any atom is 0.311 e. The lowest BCUT2D eigenvalue weighted by Crippen LogP contribution is -2.21. The van der Waals surface area contributed by atoms with Gasteiger partial charge in [-0.05, 0) is 13.0 Å². The predicted molar refractivity (Wildman–Crippen MR) is 76.9 cm³/mol. The first-order chi connectivity index (χ1) is 11.2. The summed E-state index contributed by atoms with van der Waals surface area (Å²) in [6.45, 7) is 2.02. The molecular formula is C15H14N4O4. The van der Waals surface area contributed by atoms with E-state index < -0.39 is 11.9 Å². The van der Waals surface area contributed by atoms with Crippen molar-refractivity contribution in [3.63, 3.8) is 0 Å². The van der Waals surface area contributed by atoms with Gasteiger partial charge in [0.05, 0.1) is 42.7 Å². The van der Waals surface area contributed by atoms with Gasteiger partial charge in [0, 0.05) is 5.56 Å². The second-order valence-electron chi connectivity index (χ2n) is 4.88. The average molecular weight is 314 g/mol. The highest BCUT2D eigenvalue weighted by atomic mass is 16.5. The van der Waals surface area contributed by atoms with E-state index in [-0.39, 0.29) is 30.4 Å². The number of carbonyl (C=O) groups is 1. The minimum absolute atomic E-state index is 0.00744. The number of furan rings is 1. The van der Waals surface area contributed by atoms with Gasteiger partial charge in [-0.1, -0.05) is 0 Å². The molecule has 8 heteroatoms. The van der Waals surface area contributed by atoms with Gasteiger partial charge in [0.2, 0.25) is 11.8 Å². The highest BCUT2D eigenvalue weighted by Gasteiger charge is 2.36. The van der Waals surface area contributed by atoms with Gasteiger partial charge in [0.1, 0.15) is 11.6 Å². The number of nitriles is 1. The maximum atomic E-state index is 11.8. The Morgan fingerprint density at radius 1 is 1.61 bits per heavy atom. The van der Waals surface area contributed by atoms with Gasteiger partial charge in [0.25, 0.3) is 0 Å². The molecule has 3 rings (SSSR count). The third-order valence-corrected chi connectivity index (χ3v) is 3.52. The van der Waals surface area contributed by atoms with Crippen LogP contribution in [0.25, 0.3) is 0 Å². The average Bonchev–Trinajstić information content (AvgIpc) is 3.16. The van der Waals surface area contributed by atoms with Gasteiger partial charge >= 0.3 is 5.97 Å². The Morgan fingerprint density at radius 2 is 2.43 bits per heavy atom. The number of hydrogen-bond donors (Lipinski definition) is 2. The zero-order valence-electron chi connectivity index (χ0n) is 12.3. The van der Waals surface area contributed by atoms with Crippen LogP contribution in [0.5, 0.6) is 5.88 Å². The zero-order chi connectivity index (χ0) is 16.4. The first-order valence-corrected chi connectivity index (χ1v) is 6.98. The number of aromatic nitrogens is 2. The number of nitrogens with two attached hydrogens (primary N) is 1. The van der Waals surface area contributed by atoms with Crippen molar-refractivity contribution >= 4 is 5.97 Å². The summed E-state index contributed by atoms with van der Waals surface area (Å²) in [6.07, 6.45) is 3.01. The molecule has 0 aliphatic carbocycles. The van der Waals surface area contributed by atoms with E-state index in [9.17, 15) is 10.1 Å². The molecule has 0 unspecified atom stereocenters. The number of fused-ring (bicyclic) bond motifs is 1. The lowest BCUT2D eigenvalue weighted by atomic mass is 9.85. The maximum absolute atomic E-state index is 11.8. The summed E-state index contributed by atoms with van der Waals surface area (Å²) >= 11 is 0. The molecule has 3 N–H and O–H groups in total. The molecule has 8 nitrogen and oxygen atoms in total. The van der Waals surface area contributed by atoms with Crippen molar-refractivity contribution in [1.82, 2.24) is 10.2 Å². The van der Waals surface area contributed by atoms with Gasteiger partial charge in [-0.15, -0.1) is 5.10 Å². The van der Waals surface area contributed by atoms with Crippen molar-refractivity contribution in [2.75, 3.05) is 6.61 Å². The Hall–Kier alpha value is -3.21. The molecule has 23 heavy (non-hydrogen) atoms. The molecule has 118 valence electrons. The van der Waals surface area contributed by atoms with Gasteiger partial charge in [-0.3, -0.25) is 9.89 Å². The molecule has 0 saturated carbocycles. The van der Waals surface area contributed by atoms with E-state index in [1.807, 2.05) is 0 Å². The zero-order valence-corrected chi connectivity index (χ0v) is 12.3.